The molecule has 152 valence electrons. The zero-order valence-electron chi connectivity index (χ0n) is 17.6. The van der Waals surface area contributed by atoms with Crippen molar-refractivity contribution in [2.24, 2.45) is 11.8 Å². The standard InChI is InChI=1S/C22H37ClO.C2H6/c1-3-4-5-6-7-8-12-15-20-17-18-22(23)21(20)16-13-10-9-11-14-19(2)24;1-2/h10,12-13,15,20-22,24H,2-9,11,14,16-18H2,1H3;1-2H3/b13-10-,15-12+;/t20?,21-,22?;/m1./s1. The molecule has 0 aromatic heterocycles. The molecular weight excluding hydrogens is 340 g/mol. The zero-order valence-corrected chi connectivity index (χ0v) is 18.3. The Hall–Kier alpha value is -0.690. The number of rotatable bonds is 13. The van der Waals surface area contributed by atoms with Crippen molar-refractivity contribution in [1.82, 2.24) is 0 Å². The van der Waals surface area contributed by atoms with E-state index in [0.717, 1.165) is 25.7 Å². The second-order valence-electron chi connectivity index (χ2n) is 7.22. The van der Waals surface area contributed by atoms with Gasteiger partial charge in [0.05, 0.1) is 5.76 Å². The third-order valence-electron chi connectivity index (χ3n) is 5.06. The molecule has 1 fully saturated rings. The first-order valence-electron chi connectivity index (χ1n) is 11.0. The molecule has 2 heteroatoms. The van der Waals surface area contributed by atoms with Gasteiger partial charge in [0.1, 0.15) is 0 Å². The van der Waals surface area contributed by atoms with Gasteiger partial charge >= 0.3 is 0 Å². The molecule has 1 nitrogen and oxygen atoms in total. The summed E-state index contributed by atoms with van der Waals surface area (Å²) >= 11 is 6.54. The Balaban J connectivity index is 0.00000301. The fourth-order valence-corrected chi connectivity index (χ4v) is 3.96. The van der Waals surface area contributed by atoms with Crippen LogP contribution < -0.4 is 0 Å². The summed E-state index contributed by atoms with van der Waals surface area (Å²) in [5.74, 6) is 1.54. The minimum atomic E-state index is 0.292. The third-order valence-corrected chi connectivity index (χ3v) is 5.60. The van der Waals surface area contributed by atoms with E-state index in [1.807, 2.05) is 13.8 Å². The van der Waals surface area contributed by atoms with Gasteiger partial charge in [0.25, 0.3) is 0 Å². The van der Waals surface area contributed by atoms with Crippen LogP contribution in [-0.4, -0.2) is 10.5 Å². The molecule has 26 heavy (non-hydrogen) atoms. The average Bonchev–Trinajstić information content (AvgIpc) is 2.98. The van der Waals surface area contributed by atoms with Gasteiger partial charge in [-0.15, -0.1) is 11.6 Å². The number of aliphatic hydroxyl groups is 1. The van der Waals surface area contributed by atoms with E-state index in [1.54, 1.807) is 0 Å². The number of hydrogen-bond donors (Lipinski definition) is 1. The summed E-state index contributed by atoms with van der Waals surface area (Å²) < 4.78 is 0. The summed E-state index contributed by atoms with van der Waals surface area (Å²) in [6, 6.07) is 0. The van der Waals surface area contributed by atoms with E-state index in [4.69, 9.17) is 16.7 Å². The van der Waals surface area contributed by atoms with Crippen molar-refractivity contribution < 1.29 is 5.11 Å². The Morgan fingerprint density at radius 1 is 1.00 bits per heavy atom. The van der Waals surface area contributed by atoms with Gasteiger partial charge in [0, 0.05) is 11.8 Å². The molecule has 0 bridgehead atoms. The lowest BCUT2D eigenvalue weighted by molar-refractivity contribution is 0.387. The smallest absolute Gasteiger partial charge is 0.0851 e. The molecule has 0 spiro atoms. The molecule has 2 unspecified atom stereocenters. The highest BCUT2D eigenvalue weighted by molar-refractivity contribution is 6.21. The first-order chi connectivity index (χ1) is 12.6. The maximum Gasteiger partial charge on any atom is 0.0851 e. The number of alkyl halides is 1. The van der Waals surface area contributed by atoms with Crippen molar-refractivity contribution in [3.8, 4) is 0 Å². The predicted molar refractivity (Wildman–Crippen MR) is 119 cm³/mol. The molecule has 0 heterocycles. The molecule has 1 saturated carbocycles. The quantitative estimate of drug-likeness (QED) is 0.146. The lowest BCUT2D eigenvalue weighted by atomic mass is 9.91. The number of allylic oxidation sites excluding steroid dienone is 5. The topological polar surface area (TPSA) is 20.2 Å². The van der Waals surface area contributed by atoms with E-state index in [1.165, 1.54) is 44.9 Å². The van der Waals surface area contributed by atoms with Gasteiger partial charge in [0.15, 0.2) is 0 Å². The summed E-state index contributed by atoms with van der Waals surface area (Å²) in [5.41, 5.74) is 0. The molecule has 0 aromatic rings. The Labute approximate surface area is 168 Å². The van der Waals surface area contributed by atoms with E-state index in [9.17, 15) is 0 Å². The van der Waals surface area contributed by atoms with Gasteiger partial charge in [-0.25, -0.2) is 0 Å². The molecule has 1 aliphatic rings. The van der Waals surface area contributed by atoms with Gasteiger partial charge in [-0.05, 0) is 56.8 Å². The van der Waals surface area contributed by atoms with Crippen LogP contribution in [0.25, 0.3) is 0 Å². The van der Waals surface area contributed by atoms with Crippen molar-refractivity contribution in [3.05, 3.63) is 36.6 Å². The summed E-state index contributed by atoms with van der Waals surface area (Å²) in [6.07, 6.45) is 23.5. The van der Waals surface area contributed by atoms with Crippen LogP contribution in [0.15, 0.2) is 36.6 Å². The maximum absolute atomic E-state index is 9.07. The highest BCUT2D eigenvalue weighted by atomic mass is 35.5. The Morgan fingerprint density at radius 3 is 2.38 bits per heavy atom. The monoisotopic (exact) mass is 382 g/mol. The molecule has 1 rings (SSSR count). The van der Waals surface area contributed by atoms with Gasteiger partial charge in [-0.2, -0.15) is 0 Å². The Morgan fingerprint density at radius 2 is 1.69 bits per heavy atom. The van der Waals surface area contributed by atoms with Crippen LogP contribution >= 0.6 is 11.6 Å². The van der Waals surface area contributed by atoms with Crippen molar-refractivity contribution >= 4 is 11.6 Å². The summed E-state index contributed by atoms with van der Waals surface area (Å²) in [4.78, 5) is 0. The second kappa shape index (κ2) is 17.7. The number of halogens is 1. The Kier molecular flexibility index (Phi) is 17.2. The first-order valence-corrected chi connectivity index (χ1v) is 11.4. The van der Waals surface area contributed by atoms with Crippen LogP contribution in [0, 0.1) is 11.8 Å². The fraction of sp³-hybridized carbons (Fsp3) is 0.750. The van der Waals surface area contributed by atoms with E-state index in [0.29, 0.717) is 29.4 Å². The molecule has 0 aliphatic heterocycles. The molecule has 0 amide bonds. The second-order valence-corrected chi connectivity index (χ2v) is 7.78. The largest absolute Gasteiger partial charge is 0.513 e. The number of unbranched alkanes of at least 4 members (excludes halogenated alkanes) is 6. The average molecular weight is 383 g/mol. The van der Waals surface area contributed by atoms with E-state index >= 15 is 0 Å². The summed E-state index contributed by atoms with van der Waals surface area (Å²) in [6.45, 7) is 9.78. The van der Waals surface area contributed by atoms with E-state index in [-0.39, 0.29) is 0 Å². The molecule has 0 radical (unpaired) electrons. The number of hydrogen-bond acceptors (Lipinski definition) is 1. The van der Waals surface area contributed by atoms with Crippen LogP contribution in [-0.2, 0) is 0 Å². The predicted octanol–water partition coefficient (Wildman–Crippen LogP) is 8.75. The van der Waals surface area contributed by atoms with Gasteiger partial charge in [0.2, 0.25) is 0 Å². The minimum absolute atomic E-state index is 0.292. The molecule has 0 saturated heterocycles. The van der Waals surface area contributed by atoms with Gasteiger partial charge in [-0.1, -0.05) is 77.3 Å². The third kappa shape index (κ3) is 12.6. The lowest BCUT2D eigenvalue weighted by Gasteiger charge is -2.17. The molecular formula is C24H43ClO. The van der Waals surface area contributed by atoms with Gasteiger partial charge in [-0.3, -0.25) is 0 Å². The lowest BCUT2D eigenvalue weighted by Crippen LogP contribution is -2.12. The molecule has 0 aromatic carbocycles. The van der Waals surface area contributed by atoms with Crippen LogP contribution in [0.5, 0.6) is 0 Å². The first kappa shape index (κ1) is 25.3. The SMILES string of the molecule is C=C(O)CCC/C=C\C[C@H]1C(Cl)CCC1/C=C/CCCCCCC.CC. The molecule has 1 N–H and O–H groups in total. The Bertz CT molecular complexity index is 386. The maximum atomic E-state index is 9.07. The van der Waals surface area contributed by atoms with Crippen molar-refractivity contribution in [2.45, 2.75) is 103 Å². The van der Waals surface area contributed by atoms with Crippen LogP contribution in [0.1, 0.15) is 97.8 Å². The molecule has 3 atom stereocenters. The zero-order chi connectivity index (χ0) is 19.6. The summed E-state index contributed by atoms with van der Waals surface area (Å²) in [7, 11) is 0. The van der Waals surface area contributed by atoms with Gasteiger partial charge < -0.3 is 5.11 Å². The van der Waals surface area contributed by atoms with E-state index < -0.39 is 0 Å². The van der Waals surface area contributed by atoms with Crippen LogP contribution in [0.2, 0.25) is 0 Å². The highest BCUT2D eigenvalue weighted by Crippen LogP contribution is 2.39. The van der Waals surface area contributed by atoms with E-state index in [2.05, 4.69) is 37.8 Å². The summed E-state index contributed by atoms with van der Waals surface area (Å²) in [5, 5.41) is 9.40. The minimum Gasteiger partial charge on any atom is -0.513 e. The fourth-order valence-electron chi connectivity index (χ4n) is 3.54. The van der Waals surface area contributed by atoms with Crippen LogP contribution in [0.3, 0.4) is 0 Å². The number of aliphatic hydroxyl groups excluding tert-OH is 1. The van der Waals surface area contributed by atoms with Crippen molar-refractivity contribution in [1.29, 1.82) is 0 Å². The van der Waals surface area contributed by atoms with Crippen molar-refractivity contribution in [2.75, 3.05) is 0 Å². The molecule has 1 aliphatic carbocycles. The highest BCUT2D eigenvalue weighted by Gasteiger charge is 2.32. The normalized spacial score (nSPS) is 22.7. The van der Waals surface area contributed by atoms with Crippen molar-refractivity contribution in [3.63, 3.8) is 0 Å². The van der Waals surface area contributed by atoms with Crippen LogP contribution in [0.4, 0.5) is 0 Å².